The Morgan fingerprint density at radius 1 is 1.47 bits per heavy atom. The van der Waals surface area contributed by atoms with Gasteiger partial charge in [-0.2, -0.15) is 0 Å². The molecule has 0 aliphatic heterocycles. The third kappa shape index (κ3) is 3.38. The molecule has 0 aliphatic carbocycles. The highest BCUT2D eigenvalue weighted by Gasteiger charge is 2.07. The monoisotopic (exact) mass is 310 g/mol. The van der Waals surface area contributed by atoms with Crippen molar-refractivity contribution in [3.63, 3.8) is 0 Å². The molecule has 0 bridgehead atoms. The Morgan fingerprint density at radius 2 is 2.29 bits per heavy atom. The van der Waals surface area contributed by atoms with Gasteiger partial charge in [-0.05, 0) is 30.7 Å². The van der Waals surface area contributed by atoms with Crippen molar-refractivity contribution in [1.29, 1.82) is 0 Å². The molecule has 0 aliphatic rings. The van der Waals surface area contributed by atoms with Gasteiger partial charge in [0.15, 0.2) is 0 Å². The fraction of sp³-hybridized carbons (Fsp3) is 0.167. The average molecular weight is 311 g/mol. The molecule has 0 saturated carbocycles. The second-order valence-electron chi connectivity index (χ2n) is 3.68. The molecule has 0 radical (unpaired) electrons. The predicted molar refractivity (Wildman–Crippen MR) is 72.2 cm³/mol. The highest BCUT2D eigenvalue weighted by Crippen LogP contribution is 2.15. The fourth-order valence-electron chi connectivity index (χ4n) is 1.47. The van der Waals surface area contributed by atoms with Crippen LogP contribution in [0, 0.1) is 6.92 Å². The van der Waals surface area contributed by atoms with Crippen molar-refractivity contribution in [3.8, 4) is 0 Å². The van der Waals surface area contributed by atoms with Gasteiger partial charge < -0.3 is 5.32 Å². The molecule has 1 aromatic carbocycles. The number of rotatable bonds is 3. The minimum absolute atomic E-state index is 0.0811. The van der Waals surface area contributed by atoms with Gasteiger partial charge in [0.05, 0.1) is 17.7 Å². The van der Waals surface area contributed by atoms with Gasteiger partial charge in [-0.25, -0.2) is 4.98 Å². The maximum atomic E-state index is 11.9. The highest BCUT2D eigenvalue weighted by atomic mass is 79.9. The molecular weight excluding hydrogens is 300 g/mol. The van der Waals surface area contributed by atoms with Crippen LogP contribution in [0.1, 0.15) is 21.6 Å². The van der Waals surface area contributed by atoms with E-state index < -0.39 is 0 Å². The van der Waals surface area contributed by atoms with Crippen LogP contribution >= 0.6 is 27.3 Å². The SMILES string of the molecule is Cc1cc(Br)cc(C(=O)NCc2cscn2)c1. The molecule has 0 fully saturated rings. The topological polar surface area (TPSA) is 42.0 Å². The van der Waals surface area contributed by atoms with E-state index in [2.05, 4.69) is 26.2 Å². The number of aryl methyl sites for hydroxylation is 1. The summed E-state index contributed by atoms with van der Waals surface area (Å²) in [6.07, 6.45) is 0. The summed E-state index contributed by atoms with van der Waals surface area (Å²) in [5.74, 6) is -0.0811. The van der Waals surface area contributed by atoms with E-state index in [0.717, 1.165) is 15.7 Å². The van der Waals surface area contributed by atoms with Gasteiger partial charge in [0.25, 0.3) is 5.91 Å². The number of thiazole rings is 1. The first-order chi connectivity index (χ1) is 8.15. The molecule has 17 heavy (non-hydrogen) atoms. The van der Waals surface area contributed by atoms with E-state index in [1.54, 1.807) is 5.51 Å². The van der Waals surface area contributed by atoms with E-state index in [4.69, 9.17) is 0 Å². The van der Waals surface area contributed by atoms with E-state index in [1.807, 2.05) is 30.5 Å². The fourth-order valence-corrected chi connectivity index (χ4v) is 2.63. The Bertz CT molecular complexity index is 505. The van der Waals surface area contributed by atoms with E-state index >= 15 is 0 Å². The largest absolute Gasteiger partial charge is 0.346 e. The number of amides is 1. The van der Waals surface area contributed by atoms with Crippen LogP contribution in [0.15, 0.2) is 33.6 Å². The summed E-state index contributed by atoms with van der Waals surface area (Å²) in [4.78, 5) is 16.0. The second-order valence-corrected chi connectivity index (χ2v) is 5.31. The average Bonchev–Trinajstić information content (AvgIpc) is 2.77. The maximum Gasteiger partial charge on any atom is 0.251 e. The number of nitrogens with one attached hydrogen (secondary N) is 1. The lowest BCUT2D eigenvalue weighted by atomic mass is 10.1. The highest BCUT2D eigenvalue weighted by molar-refractivity contribution is 9.10. The number of nitrogens with zero attached hydrogens (tertiary/aromatic N) is 1. The standard InChI is InChI=1S/C12H11BrN2OS/c1-8-2-9(4-10(13)3-8)12(16)14-5-11-6-17-7-15-11/h2-4,6-7H,5H2,1H3,(H,14,16). The van der Waals surface area contributed by atoms with Crippen molar-refractivity contribution in [2.24, 2.45) is 0 Å². The quantitative estimate of drug-likeness (QED) is 0.946. The van der Waals surface area contributed by atoms with Crippen molar-refractivity contribution < 1.29 is 4.79 Å². The van der Waals surface area contributed by atoms with Crippen LogP contribution in [0.25, 0.3) is 0 Å². The van der Waals surface area contributed by atoms with Crippen LogP contribution in [0.5, 0.6) is 0 Å². The van der Waals surface area contributed by atoms with Gasteiger partial charge in [-0.1, -0.05) is 15.9 Å². The summed E-state index contributed by atoms with van der Waals surface area (Å²) in [6.45, 7) is 2.43. The normalized spacial score (nSPS) is 10.2. The van der Waals surface area contributed by atoms with Gasteiger partial charge in [-0.15, -0.1) is 11.3 Å². The van der Waals surface area contributed by atoms with Crippen LogP contribution in [-0.4, -0.2) is 10.9 Å². The zero-order chi connectivity index (χ0) is 12.3. The molecule has 88 valence electrons. The molecule has 1 N–H and O–H groups in total. The molecule has 0 saturated heterocycles. The molecular formula is C12H11BrN2OS. The summed E-state index contributed by atoms with van der Waals surface area (Å²) in [7, 11) is 0. The summed E-state index contributed by atoms with van der Waals surface area (Å²) in [6, 6.07) is 5.64. The van der Waals surface area contributed by atoms with E-state index in [1.165, 1.54) is 11.3 Å². The number of halogens is 1. The van der Waals surface area contributed by atoms with Crippen molar-refractivity contribution >= 4 is 33.2 Å². The minimum atomic E-state index is -0.0811. The van der Waals surface area contributed by atoms with Crippen LogP contribution in [0.3, 0.4) is 0 Å². The first kappa shape index (κ1) is 12.3. The third-order valence-electron chi connectivity index (χ3n) is 2.22. The van der Waals surface area contributed by atoms with Crippen molar-refractivity contribution in [2.45, 2.75) is 13.5 Å². The number of carbonyl (C=O) groups excluding carboxylic acids is 1. The Kier molecular flexibility index (Phi) is 3.91. The van der Waals surface area contributed by atoms with Crippen molar-refractivity contribution in [2.75, 3.05) is 0 Å². The summed E-state index contributed by atoms with van der Waals surface area (Å²) >= 11 is 4.90. The Balaban J connectivity index is 2.04. The number of hydrogen-bond acceptors (Lipinski definition) is 3. The molecule has 1 amide bonds. The van der Waals surface area contributed by atoms with E-state index in [0.29, 0.717) is 12.1 Å². The van der Waals surface area contributed by atoms with Gasteiger partial charge >= 0.3 is 0 Å². The molecule has 0 atom stereocenters. The lowest BCUT2D eigenvalue weighted by Crippen LogP contribution is -2.23. The molecule has 1 aromatic heterocycles. The molecule has 5 heteroatoms. The number of benzene rings is 1. The lowest BCUT2D eigenvalue weighted by Gasteiger charge is -2.05. The zero-order valence-electron chi connectivity index (χ0n) is 9.24. The van der Waals surface area contributed by atoms with Gasteiger partial charge in [-0.3, -0.25) is 4.79 Å². The van der Waals surface area contributed by atoms with Crippen LogP contribution < -0.4 is 5.32 Å². The van der Waals surface area contributed by atoms with Gasteiger partial charge in [0.2, 0.25) is 0 Å². The summed E-state index contributed by atoms with van der Waals surface area (Å²) in [5, 5.41) is 4.76. The van der Waals surface area contributed by atoms with Crippen molar-refractivity contribution in [3.05, 3.63) is 50.4 Å². The second kappa shape index (κ2) is 5.42. The molecule has 1 heterocycles. The van der Waals surface area contributed by atoms with Crippen LogP contribution in [0.4, 0.5) is 0 Å². The van der Waals surface area contributed by atoms with Gasteiger partial charge in [0.1, 0.15) is 0 Å². The van der Waals surface area contributed by atoms with Crippen LogP contribution in [-0.2, 0) is 6.54 Å². The first-order valence-corrected chi connectivity index (χ1v) is 6.81. The van der Waals surface area contributed by atoms with Crippen LogP contribution in [0.2, 0.25) is 0 Å². The smallest absolute Gasteiger partial charge is 0.251 e. The summed E-state index contributed by atoms with van der Waals surface area (Å²) < 4.78 is 0.913. The molecule has 0 spiro atoms. The van der Waals surface area contributed by atoms with E-state index in [-0.39, 0.29) is 5.91 Å². The predicted octanol–water partition coefficient (Wildman–Crippen LogP) is 3.14. The number of carbonyl (C=O) groups is 1. The minimum Gasteiger partial charge on any atom is -0.346 e. The summed E-state index contributed by atoms with van der Waals surface area (Å²) in [5.41, 5.74) is 4.35. The number of aromatic nitrogens is 1. The van der Waals surface area contributed by atoms with E-state index in [9.17, 15) is 4.79 Å². The Hall–Kier alpha value is -1.20. The molecule has 0 unspecified atom stereocenters. The van der Waals surface area contributed by atoms with Crippen molar-refractivity contribution in [1.82, 2.24) is 10.3 Å². The number of hydrogen-bond donors (Lipinski definition) is 1. The Morgan fingerprint density at radius 3 is 2.94 bits per heavy atom. The lowest BCUT2D eigenvalue weighted by molar-refractivity contribution is 0.0950. The molecule has 2 rings (SSSR count). The molecule has 3 nitrogen and oxygen atoms in total. The maximum absolute atomic E-state index is 11.9. The third-order valence-corrected chi connectivity index (χ3v) is 3.31. The zero-order valence-corrected chi connectivity index (χ0v) is 11.6. The molecule has 2 aromatic rings. The first-order valence-electron chi connectivity index (χ1n) is 5.07. The Labute approximate surface area is 112 Å². The van der Waals surface area contributed by atoms with Gasteiger partial charge in [0, 0.05) is 15.4 Å².